The topological polar surface area (TPSA) is 63.8 Å². The number of amides is 1. The lowest BCUT2D eigenvalue weighted by atomic mass is 10.1. The van der Waals surface area contributed by atoms with Gasteiger partial charge in [0.2, 0.25) is 0 Å². The van der Waals surface area contributed by atoms with Crippen molar-refractivity contribution in [2.45, 2.75) is 27.3 Å². The molecular formula is C18H22N2O3. The van der Waals surface area contributed by atoms with Gasteiger partial charge in [0, 0.05) is 5.56 Å². The molecule has 0 saturated heterocycles. The van der Waals surface area contributed by atoms with Crippen LogP contribution in [0, 0.1) is 12.8 Å². The number of carbonyl (C=O) groups excluding carboxylic acids is 1. The zero-order valence-corrected chi connectivity index (χ0v) is 13.7. The lowest BCUT2D eigenvalue weighted by Crippen LogP contribution is -2.33. The van der Waals surface area contributed by atoms with Gasteiger partial charge in [0.05, 0.1) is 12.9 Å². The summed E-state index contributed by atoms with van der Waals surface area (Å²) in [6.45, 7) is 6.80. The van der Waals surface area contributed by atoms with Crippen molar-refractivity contribution in [2.24, 2.45) is 10.9 Å². The van der Waals surface area contributed by atoms with E-state index >= 15 is 0 Å². The van der Waals surface area contributed by atoms with Crippen LogP contribution < -0.4 is 5.32 Å². The van der Waals surface area contributed by atoms with E-state index in [1.807, 2.05) is 45.0 Å². The largest absolute Gasteiger partial charge is 0.467 e. The first-order chi connectivity index (χ1) is 11.0. The first-order valence-corrected chi connectivity index (χ1v) is 7.62. The number of hydrogen-bond acceptors (Lipinski definition) is 4. The van der Waals surface area contributed by atoms with Crippen LogP contribution in [0.3, 0.4) is 0 Å². The number of rotatable bonds is 5. The first kappa shape index (κ1) is 16.8. The van der Waals surface area contributed by atoms with Gasteiger partial charge in [0.25, 0.3) is 11.9 Å². The molecule has 1 amide bonds. The van der Waals surface area contributed by atoms with Gasteiger partial charge in [-0.15, -0.1) is 0 Å². The van der Waals surface area contributed by atoms with Crippen LogP contribution >= 0.6 is 0 Å². The molecule has 0 atom stereocenters. The third-order valence-corrected chi connectivity index (χ3v) is 3.01. The van der Waals surface area contributed by atoms with Crippen molar-refractivity contribution in [1.82, 2.24) is 5.32 Å². The van der Waals surface area contributed by atoms with Gasteiger partial charge in [-0.1, -0.05) is 31.5 Å². The highest BCUT2D eigenvalue weighted by molar-refractivity contribution is 6.04. The minimum Gasteiger partial charge on any atom is -0.467 e. The predicted molar refractivity (Wildman–Crippen MR) is 89.3 cm³/mol. The van der Waals surface area contributed by atoms with Gasteiger partial charge in [0.1, 0.15) is 12.3 Å². The Labute approximate surface area is 136 Å². The molecule has 0 saturated carbocycles. The van der Waals surface area contributed by atoms with Gasteiger partial charge >= 0.3 is 0 Å². The lowest BCUT2D eigenvalue weighted by molar-refractivity contribution is 0.0963. The highest BCUT2D eigenvalue weighted by Gasteiger charge is 2.11. The summed E-state index contributed by atoms with van der Waals surface area (Å²) in [6, 6.07) is 11.2. The van der Waals surface area contributed by atoms with E-state index in [0.717, 1.165) is 5.56 Å². The second kappa shape index (κ2) is 8.17. The highest BCUT2D eigenvalue weighted by Crippen LogP contribution is 2.05. The van der Waals surface area contributed by atoms with E-state index in [1.54, 1.807) is 18.4 Å². The fraction of sp³-hybridized carbons (Fsp3) is 0.333. The smallest absolute Gasteiger partial charge is 0.292 e. The fourth-order valence-electron chi connectivity index (χ4n) is 1.87. The fourth-order valence-corrected chi connectivity index (χ4v) is 1.87. The third kappa shape index (κ3) is 5.62. The van der Waals surface area contributed by atoms with E-state index in [-0.39, 0.29) is 11.9 Å². The van der Waals surface area contributed by atoms with Crippen LogP contribution in [-0.4, -0.2) is 18.5 Å². The van der Waals surface area contributed by atoms with Gasteiger partial charge < -0.3 is 9.15 Å². The first-order valence-electron chi connectivity index (χ1n) is 7.62. The van der Waals surface area contributed by atoms with Crippen molar-refractivity contribution in [3.63, 3.8) is 0 Å². The van der Waals surface area contributed by atoms with Crippen LogP contribution in [0.4, 0.5) is 0 Å². The zero-order valence-electron chi connectivity index (χ0n) is 13.7. The Bertz CT molecular complexity index is 661. The van der Waals surface area contributed by atoms with Gasteiger partial charge in [0.15, 0.2) is 0 Å². The lowest BCUT2D eigenvalue weighted by Gasteiger charge is -2.12. The van der Waals surface area contributed by atoms with Gasteiger partial charge in [-0.2, -0.15) is 0 Å². The Hall–Kier alpha value is -2.56. The molecule has 1 aromatic carbocycles. The van der Waals surface area contributed by atoms with Gasteiger partial charge in [-0.3, -0.25) is 10.1 Å². The molecule has 0 aliphatic carbocycles. The number of amidine groups is 1. The molecule has 0 radical (unpaired) electrons. The molecule has 5 nitrogen and oxygen atoms in total. The number of nitrogens with one attached hydrogen (secondary N) is 1. The van der Waals surface area contributed by atoms with E-state index in [2.05, 4.69) is 10.3 Å². The second-order valence-corrected chi connectivity index (χ2v) is 5.73. The average molecular weight is 314 g/mol. The van der Waals surface area contributed by atoms with Crippen LogP contribution in [0.25, 0.3) is 0 Å². The monoisotopic (exact) mass is 314 g/mol. The molecule has 0 aliphatic rings. The summed E-state index contributed by atoms with van der Waals surface area (Å²) in [5, 5.41) is 2.73. The molecule has 1 aromatic heterocycles. The Morgan fingerprint density at radius 3 is 2.78 bits per heavy atom. The molecule has 23 heavy (non-hydrogen) atoms. The molecule has 0 spiro atoms. The summed E-state index contributed by atoms with van der Waals surface area (Å²) in [6.07, 6.45) is 1.59. The number of furan rings is 1. The van der Waals surface area contributed by atoms with Crippen molar-refractivity contribution >= 4 is 11.9 Å². The standard InChI is InChI=1S/C18H22N2O3/c1-13(2)12-23-18(19-11-16-8-5-9-22-16)20-17(21)15-7-4-6-14(3)10-15/h4-10,13H,11-12H2,1-3H3,(H,19,20,21). The highest BCUT2D eigenvalue weighted by atomic mass is 16.5. The molecule has 1 N–H and O–H groups in total. The van der Waals surface area contributed by atoms with Crippen molar-refractivity contribution in [1.29, 1.82) is 0 Å². The molecule has 5 heteroatoms. The normalized spacial score (nSPS) is 11.6. The Kier molecular flexibility index (Phi) is 5.97. The van der Waals surface area contributed by atoms with E-state index in [1.165, 1.54) is 0 Å². The van der Waals surface area contributed by atoms with Crippen LogP contribution in [0.1, 0.15) is 35.5 Å². The summed E-state index contributed by atoms with van der Waals surface area (Å²) in [7, 11) is 0. The number of aliphatic imine (C=N–C) groups is 1. The number of benzene rings is 1. The van der Waals surface area contributed by atoms with Crippen molar-refractivity contribution < 1.29 is 13.9 Å². The second-order valence-electron chi connectivity index (χ2n) is 5.73. The summed E-state index contributed by atoms with van der Waals surface area (Å²) in [5.74, 6) is 0.802. The summed E-state index contributed by atoms with van der Waals surface area (Å²) < 4.78 is 10.8. The van der Waals surface area contributed by atoms with Crippen LogP contribution in [0.2, 0.25) is 0 Å². The SMILES string of the molecule is Cc1cccc(C(=O)NC(=NCc2ccco2)OCC(C)C)c1. The Morgan fingerprint density at radius 2 is 2.13 bits per heavy atom. The van der Waals surface area contributed by atoms with Crippen LogP contribution in [0.5, 0.6) is 0 Å². The number of nitrogens with zero attached hydrogens (tertiary/aromatic N) is 1. The Balaban J connectivity index is 2.06. The minimum atomic E-state index is -0.240. The number of ether oxygens (including phenoxy) is 1. The number of aryl methyl sites for hydroxylation is 1. The van der Waals surface area contributed by atoms with Crippen molar-refractivity contribution in [2.75, 3.05) is 6.61 Å². The maximum absolute atomic E-state index is 12.3. The minimum absolute atomic E-state index is 0.210. The summed E-state index contributed by atoms with van der Waals surface area (Å²) in [4.78, 5) is 16.6. The number of hydrogen-bond donors (Lipinski definition) is 1. The molecule has 0 unspecified atom stereocenters. The van der Waals surface area contributed by atoms with Crippen molar-refractivity contribution in [3.05, 3.63) is 59.5 Å². The third-order valence-electron chi connectivity index (χ3n) is 3.01. The molecule has 2 aromatic rings. The molecule has 0 fully saturated rings. The molecule has 1 heterocycles. The predicted octanol–water partition coefficient (Wildman–Crippen LogP) is 3.55. The van der Waals surface area contributed by atoms with E-state index in [9.17, 15) is 4.79 Å². The number of carbonyl (C=O) groups is 1. The molecule has 122 valence electrons. The van der Waals surface area contributed by atoms with E-state index in [0.29, 0.717) is 30.4 Å². The summed E-state index contributed by atoms with van der Waals surface area (Å²) >= 11 is 0. The quantitative estimate of drug-likeness (QED) is 0.678. The van der Waals surface area contributed by atoms with E-state index in [4.69, 9.17) is 9.15 Å². The van der Waals surface area contributed by atoms with Crippen LogP contribution in [-0.2, 0) is 11.3 Å². The van der Waals surface area contributed by atoms with Crippen molar-refractivity contribution in [3.8, 4) is 0 Å². The average Bonchev–Trinajstić information content (AvgIpc) is 3.03. The molecule has 2 rings (SSSR count). The summed E-state index contributed by atoms with van der Waals surface area (Å²) in [5.41, 5.74) is 1.60. The molecular weight excluding hydrogens is 292 g/mol. The molecule has 0 aliphatic heterocycles. The van der Waals surface area contributed by atoms with Gasteiger partial charge in [-0.05, 0) is 37.1 Å². The maximum Gasteiger partial charge on any atom is 0.292 e. The van der Waals surface area contributed by atoms with Gasteiger partial charge in [-0.25, -0.2) is 4.99 Å². The molecule has 0 bridgehead atoms. The maximum atomic E-state index is 12.3. The zero-order chi connectivity index (χ0) is 16.7. The van der Waals surface area contributed by atoms with Crippen LogP contribution in [0.15, 0.2) is 52.1 Å². The Morgan fingerprint density at radius 1 is 1.30 bits per heavy atom. The van der Waals surface area contributed by atoms with E-state index < -0.39 is 0 Å².